The average Bonchev–Trinajstić information content (AvgIpc) is 2.42. The van der Waals surface area contributed by atoms with Gasteiger partial charge in [-0.3, -0.25) is 0 Å². The summed E-state index contributed by atoms with van der Waals surface area (Å²) in [5.74, 6) is 0.0697. The number of hydrogen-bond acceptors (Lipinski definition) is 3. The smallest absolute Gasteiger partial charge is 0.140 e. The molecular weight excluding hydrogens is 233 g/mol. The van der Waals surface area contributed by atoms with Gasteiger partial charge in [-0.05, 0) is 36.5 Å². The van der Waals surface area contributed by atoms with Gasteiger partial charge < -0.3 is 9.47 Å². The van der Waals surface area contributed by atoms with E-state index >= 15 is 0 Å². The zero-order valence-corrected chi connectivity index (χ0v) is 10.2. The number of ether oxygens (including phenoxy) is 2. The van der Waals surface area contributed by atoms with Gasteiger partial charge in [0.25, 0.3) is 0 Å². The fourth-order valence-corrected chi connectivity index (χ4v) is 2.00. The summed E-state index contributed by atoms with van der Waals surface area (Å²) in [7, 11) is 0. The van der Waals surface area contributed by atoms with Gasteiger partial charge >= 0.3 is 0 Å². The van der Waals surface area contributed by atoms with Gasteiger partial charge in [-0.2, -0.15) is 5.26 Å². The Hall–Kier alpha value is -1.44. The molecule has 18 heavy (non-hydrogen) atoms. The predicted molar refractivity (Wildman–Crippen MR) is 64.3 cm³/mol. The molecule has 0 aliphatic carbocycles. The number of nitriles is 1. The summed E-state index contributed by atoms with van der Waals surface area (Å²) < 4.78 is 24.0. The number of halogens is 1. The average molecular weight is 249 g/mol. The van der Waals surface area contributed by atoms with E-state index in [1.807, 2.05) is 6.07 Å². The molecule has 0 N–H and O–H groups in total. The topological polar surface area (TPSA) is 42.2 Å². The molecule has 1 aliphatic heterocycles. The Morgan fingerprint density at radius 2 is 2.17 bits per heavy atom. The molecule has 1 aliphatic rings. The summed E-state index contributed by atoms with van der Waals surface area (Å²) >= 11 is 0. The van der Waals surface area contributed by atoms with Gasteiger partial charge in [0.15, 0.2) is 0 Å². The van der Waals surface area contributed by atoms with E-state index in [2.05, 4.69) is 0 Å². The van der Waals surface area contributed by atoms with E-state index in [1.165, 1.54) is 6.07 Å². The minimum Gasteiger partial charge on any atom is -0.381 e. The van der Waals surface area contributed by atoms with E-state index in [4.69, 9.17) is 14.7 Å². The van der Waals surface area contributed by atoms with Gasteiger partial charge in [-0.1, -0.05) is 6.07 Å². The molecule has 1 fully saturated rings. The summed E-state index contributed by atoms with van der Waals surface area (Å²) in [5.41, 5.74) is 0.905. The number of benzene rings is 1. The lowest BCUT2D eigenvalue weighted by Crippen LogP contribution is -2.20. The first-order valence-electron chi connectivity index (χ1n) is 6.13. The standard InChI is InChI=1S/C14H16FNO2/c15-14-2-1-12(7-13(14)8-16)10-18-9-11-3-5-17-6-4-11/h1-2,7,11H,3-6,9-10H2. The van der Waals surface area contributed by atoms with Crippen LogP contribution >= 0.6 is 0 Å². The van der Waals surface area contributed by atoms with Crippen LogP contribution in [0.2, 0.25) is 0 Å². The third-order valence-electron chi connectivity index (χ3n) is 3.11. The highest BCUT2D eigenvalue weighted by Crippen LogP contribution is 2.16. The maximum atomic E-state index is 13.1. The van der Waals surface area contributed by atoms with Crippen LogP contribution in [0.3, 0.4) is 0 Å². The van der Waals surface area contributed by atoms with Crippen LogP contribution in [0.5, 0.6) is 0 Å². The van der Waals surface area contributed by atoms with Crippen LogP contribution in [0.15, 0.2) is 18.2 Å². The van der Waals surface area contributed by atoms with Crippen LogP contribution in [-0.2, 0) is 16.1 Å². The number of nitrogens with zero attached hydrogens (tertiary/aromatic N) is 1. The van der Waals surface area contributed by atoms with Crippen LogP contribution in [0.25, 0.3) is 0 Å². The van der Waals surface area contributed by atoms with Crippen LogP contribution in [0, 0.1) is 23.1 Å². The summed E-state index contributed by atoms with van der Waals surface area (Å²) in [4.78, 5) is 0. The highest BCUT2D eigenvalue weighted by Gasteiger charge is 2.13. The van der Waals surface area contributed by atoms with E-state index in [0.29, 0.717) is 19.1 Å². The van der Waals surface area contributed by atoms with E-state index < -0.39 is 5.82 Å². The van der Waals surface area contributed by atoms with Crippen molar-refractivity contribution < 1.29 is 13.9 Å². The Morgan fingerprint density at radius 3 is 2.89 bits per heavy atom. The lowest BCUT2D eigenvalue weighted by molar-refractivity contribution is 0.0157. The Morgan fingerprint density at radius 1 is 1.39 bits per heavy atom. The quantitative estimate of drug-likeness (QED) is 0.823. The Labute approximate surface area is 106 Å². The Balaban J connectivity index is 1.81. The first-order chi connectivity index (χ1) is 8.79. The fourth-order valence-electron chi connectivity index (χ4n) is 2.00. The molecule has 1 saturated heterocycles. The molecule has 2 rings (SSSR count). The number of hydrogen-bond donors (Lipinski definition) is 0. The van der Waals surface area contributed by atoms with Crippen molar-refractivity contribution in [3.05, 3.63) is 35.1 Å². The van der Waals surface area contributed by atoms with Crippen molar-refractivity contribution in [3.63, 3.8) is 0 Å². The molecule has 0 unspecified atom stereocenters. The zero-order chi connectivity index (χ0) is 12.8. The second kappa shape index (κ2) is 6.48. The van der Waals surface area contributed by atoms with Crippen molar-refractivity contribution in [2.75, 3.05) is 19.8 Å². The SMILES string of the molecule is N#Cc1cc(COCC2CCOCC2)ccc1F. The Kier molecular flexibility index (Phi) is 4.68. The second-order valence-electron chi connectivity index (χ2n) is 4.50. The molecule has 0 amide bonds. The summed E-state index contributed by atoms with van der Waals surface area (Å²) in [5, 5.41) is 8.73. The van der Waals surface area contributed by atoms with Gasteiger partial charge in [0.2, 0.25) is 0 Å². The molecule has 0 bridgehead atoms. The van der Waals surface area contributed by atoms with Crippen molar-refractivity contribution in [3.8, 4) is 6.07 Å². The molecule has 96 valence electrons. The molecule has 1 aromatic carbocycles. The van der Waals surface area contributed by atoms with Gasteiger partial charge in [-0.15, -0.1) is 0 Å². The van der Waals surface area contributed by atoms with Crippen LogP contribution in [0.4, 0.5) is 4.39 Å². The minimum atomic E-state index is -0.481. The van der Waals surface area contributed by atoms with E-state index in [9.17, 15) is 4.39 Å². The van der Waals surface area contributed by atoms with Crippen molar-refractivity contribution in [2.45, 2.75) is 19.4 Å². The maximum Gasteiger partial charge on any atom is 0.140 e. The highest BCUT2D eigenvalue weighted by molar-refractivity contribution is 5.34. The molecule has 0 spiro atoms. The molecular formula is C14H16FNO2. The molecule has 0 radical (unpaired) electrons. The third kappa shape index (κ3) is 3.52. The van der Waals surface area contributed by atoms with Crippen molar-refractivity contribution >= 4 is 0 Å². The largest absolute Gasteiger partial charge is 0.381 e. The molecule has 0 saturated carbocycles. The summed E-state index contributed by atoms with van der Waals surface area (Å²) in [6, 6.07) is 6.33. The lowest BCUT2D eigenvalue weighted by atomic mass is 10.0. The van der Waals surface area contributed by atoms with Crippen molar-refractivity contribution in [2.24, 2.45) is 5.92 Å². The second-order valence-corrected chi connectivity index (χ2v) is 4.50. The summed E-state index contributed by atoms with van der Waals surface area (Å²) in [6.07, 6.45) is 2.07. The van der Waals surface area contributed by atoms with Gasteiger partial charge in [0, 0.05) is 13.2 Å². The molecule has 0 atom stereocenters. The molecule has 1 heterocycles. The fraction of sp³-hybridized carbons (Fsp3) is 0.500. The minimum absolute atomic E-state index is 0.0715. The van der Waals surface area contributed by atoms with E-state index in [-0.39, 0.29) is 5.56 Å². The van der Waals surface area contributed by atoms with Crippen molar-refractivity contribution in [1.29, 1.82) is 5.26 Å². The van der Waals surface area contributed by atoms with Crippen LogP contribution in [0.1, 0.15) is 24.0 Å². The molecule has 0 aromatic heterocycles. The first-order valence-corrected chi connectivity index (χ1v) is 6.13. The number of rotatable bonds is 4. The van der Waals surface area contributed by atoms with Crippen LogP contribution < -0.4 is 0 Å². The van der Waals surface area contributed by atoms with E-state index in [1.54, 1.807) is 12.1 Å². The van der Waals surface area contributed by atoms with Gasteiger partial charge in [0.1, 0.15) is 11.9 Å². The predicted octanol–water partition coefficient (Wildman–Crippen LogP) is 2.64. The third-order valence-corrected chi connectivity index (χ3v) is 3.11. The van der Waals surface area contributed by atoms with Crippen LogP contribution in [-0.4, -0.2) is 19.8 Å². The molecule has 4 heteroatoms. The maximum absolute atomic E-state index is 13.1. The van der Waals surface area contributed by atoms with Gasteiger partial charge in [0.05, 0.1) is 18.8 Å². The first kappa shape index (κ1) is 13.0. The normalized spacial score (nSPS) is 16.4. The molecule has 3 nitrogen and oxygen atoms in total. The monoisotopic (exact) mass is 249 g/mol. The van der Waals surface area contributed by atoms with E-state index in [0.717, 1.165) is 31.6 Å². The Bertz CT molecular complexity index is 436. The highest BCUT2D eigenvalue weighted by atomic mass is 19.1. The lowest BCUT2D eigenvalue weighted by Gasteiger charge is -2.21. The zero-order valence-electron chi connectivity index (χ0n) is 10.2. The summed E-state index contributed by atoms with van der Waals surface area (Å²) in [6.45, 7) is 2.74. The van der Waals surface area contributed by atoms with Gasteiger partial charge in [-0.25, -0.2) is 4.39 Å². The molecule has 1 aromatic rings. The van der Waals surface area contributed by atoms with Crippen molar-refractivity contribution in [1.82, 2.24) is 0 Å².